The van der Waals surface area contributed by atoms with Crippen molar-refractivity contribution in [2.45, 2.75) is 0 Å². The minimum atomic E-state index is -0.280. The number of carbonyl (C=O) groups is 1. The molecule has 1 heterocycles. The van der Waals surface area contributed by atoms with Crippen molar-refractivity contribution in [3.63, 3.8) is 0 Å². The smallest absolute Gasteiger partial charge is 0.270 e. The van der Waals surface area contributed by atoms with Crippen LogP contribution in [0.15, 0.2) is 72.8 Å². The first-order valence-corrected chi connectivity index (χ1v) is 9.79. The number of aromatic amines is 1. The zero-order valence-corrected chi connectivity index (χ0v) is 17.0. The lowest BCUT2D eigenvalue weighted by atomic mass is 10.1. The van der Waals surface area contributed by atoms with Gasteiger partial charge in [-0.15, -0.1) is 0 Å². The lowest BCUT2D eigenvalue weighted by molar-refractivity contribution is 0.0953. The quantitative estimate of drug-likeness (QED) is 0.470. The lowest BCUT2D eigenvalue weighted by Gasteiger charge is -2.06. The number of methoxy groups -OCH3 is 1. The topological polar surface area (TPSA) is 76.2 Å². The number of para-hydroxylation sites is 1. The largest absolute Gasteiger partial charge is 0.496 e. The first-order chi connectivity index (χ1) is 15.3. The molecule has 0 saturated carbocycles. The average molecular weight is 411 g/mol. The van der Waals surface area contributed by atoms with E-state index in [1.807, 2.05) is 66.7 Å². The van der Waals surface area contributed by atoms with E-state index in [2.05, 4.69) is 27.4 Å². The van der Waals surface area contributed by atoms with E-state index in [0.29, 0.717) is 17.1 Å². The summed E-state index contributed by atoms with van der Waals surface area (Å²) < 4.78 is 11.1. The van der Waals surface area contributed by atoms with Crippen LogP contribution in [0, 0.1) is 11.8 Å². The molecule has 0 atom stereocenters. The Morgan fingerprint density at radius 1 is 1.00 bits per heavy atom. The normalized spacial score (nSPS) is 10.2. The maximum atomic E-state index is 12.3. The fraction of sp³-hybridized carbons (Fsp3) is 0.120. The third-order valence-corrected chi connectivity index (χ3v) is 4.72. The monoisotopic (exact) mass is 411 g/mol. The Balaban J connectivity index is 1.30. The van der Waals surface area contributed by atoms with Crippen LogP contribution >= 0.6 is 0 Å². The van der Waals surface area contributed by atoms with Gasteiger partial charge in [0.15, 0.2) is 0 Å². The van der Waals surface area contributed by atoms with Crippen molar-refractivity contribution in [3.05, 3.63) is 78.5 Å². The van der Waals surface area contributed by atoms with Crippen molar-refractivity contribution in [1.82, 2.24) is 15.5 Å². The summed E-state index contributed by atoms with van der Waals surface area (Å²) in [5.74, 6) is 7.02. The molecule has 0 bridgehead atoms. The molecule has 0 saturated heterocycles. The maximum absolute atomic E-state index is 12.3. The summed E-state index contributed by atoms with van der Waals surface area (Å²) in [6.45, 7) is 0.451. The third-order valence-electron chi connectivity index (χ3n) is 4.72. The van der Waals surface area contributed by atoms with Gasteiger partial charge in [0.05, 0.1) is 19.3 Å². The number of fused-ring (bicyclic) bond motifs is 1. The highest BCUT2D eigenvalue weighted by Gasteiger charge is 2.13. The van der Waals surface area contributed by atoms with Gasteiger partial charge in [-0.05, 0) is 29.7 Å². The first-order valence-electron chi connectivity index (χ1n) is 9.79. The number of amides is 1. The molecular formula is C25H21N3O3. The van der Waals surface area contributed by atoms with Gasteiger partial charge in [-0.3, -0.25) is 9.89 Å². The Labute approximate surface area is 180 Å². The predicted molar refractivity (Wildman–Crippen MR) is 120 cm³/mol. The zero-order valence-electron chi connectivity index (χ0n) is 17.0. The predicted octanol–water partition coefficient (Wildman–Crippen LogP) is 4.05. The number of rotatable bonds is 6. The molecule has 6 heteroatoms. The summed E-state index contributed by atoms with van der Waals surface area (Å²) in [5.41, 5.74) is 1.80. The van der Waals surface area contributed by atoms with Crippen molar-refractivity contribution in [2.24, 2.45) is 0 Å². The SMILES string of the molecule is COc1ccccc1-c1cc(C(=O)NCC#CCOc2cccc3ccccc23)[nH]n1. The summed E-state index contributed by atoms with van der Waals surface area (Å²) in [5, 5.41) is 11.9. The number of carbonyl (C=O) groups excluding carboxylic acids is 1. The maximum Gasteiger partial charge on any atom is 0.270 e. The first kappa shape index (κ1) is 20.0. The van der Waals surface area contributed by atoms with Crippen LogP contribution in [0.1, 0.15) is 10.5 Å². The number of aromatic nitrogens is 2. The zero-order chi connectivity index (χ0) is 21.5. The summed E-state index contributed by atoms with van der Waals surface area (Å²) in [4.78, 5) is 12.3. The molecule has 0 spiro atoms. The van der Waals surface area contributed by atoms with E-state index in [1.165, 1.54) is 0 Å². The van der Waals surface area contributed by atoms with Crippen molar-refractivity contribution < 1.29 is 14.3 Å². The summed E-state index contributed by atoms with van der Waals surface area (Å²) >= 11 is 0. The standard InChI is InChI=1S/C25H21N3O3/c1-30-23-13-5-4-12-20(23)21-17-22(28-27-21)25(29)26-15-6-7-16-31-24-14-8-10-18-9-2-3-11-19(18)24/h2-5,8-14,17H,15-16H2,1H3,(H,26,29)(H,27,28). The van der Waals surface area contributed by atoms with Crippen LogP contribution in [0.3, 0.4) is 0 Å². The molecule has 4 aromatic rings. The fourth-order valence-corrected chi connectivity index (χ4v) is 3.20. The van der Waals surface area contributed by atoms with Crippen LogP contribution in [0.4, 0.5) is 0 Å². The number of hydrogen-bond donors (Lipinski definition) is 2. The van der Waals surface area contributed by atoms with E-state index in [4.69, 9.17) is 9.47 Å². The van der Waals surface area contributed by atoms with E-state index in [-0.39, 0.29) is 19.1 Å². The van der Waals surface area contributed by atoms with Crippen molar-refractivity contribution in [1.29, 1.82) is 0 Å². The van der Waals surface area contributed by atoms with Gasteiger partial charge in [-0.1, -0.05) is 60.4 Å². The van der Waals surface area contributed by atoms with Crippen molar-refractivity contribution >= 4 is 16.7 Å². The molecule has 1 aromatic heterocycles. The van der Waals surface area contributed by atoms with Gasteiger partial charge >= 0.3 is 0 Å². The van der Waals surface area contributed by atoms with Gasteiger partial charge < -0.3 is 14.8 Å². The van der Waals surface area contributed by atoms with Gasteiger partial charge in [-0.25, -0.2) is 0 Å². The Hall–Kier alpha value is -4.24. The van der Waals surface area contributed by atoms with Crippen LogP contribution < -0.4 is 14.8 Å². The van der Waals surface area contributed by atoms with Gasteiger partial charge in [0.25, 0.3) is 5.91 Å². The fourth-order valence-electron chi connectivity index (χ4n) is 3.20. The van der Waals surface area contributed by atoms with Crippen LogP contribution in [0.25, 0.3) is 22.0 Å². The average Bonchev–Trinajstić information content (AvgIpc) is 3.31. The van der Waals surface area contributed by atoms with Crippen LogP contribution in [-0.2, 0) is 0 Å². The van der Waals surface area contributed by atoms with E-state index >= 15 is 0 Å². The molecule has 0 aliphatic carbocycles. The van der Waals surface area contributed by atoms with E-state index in [1.54, 1.807) is 13.2 Å². The number of hydrogen-bond acceptors (Lipinski definition) is 4. The van der Waals surface area contributed by atoms with Gasteiger partial charge in [0.1, 0.15) is 23.8 Å². The summed E-state index contributed by atoms with van der Waals surface area (Å²) in [6.07, 6.45) is 0. The molecule has 3 aromatic carbocycles. The Morgan fingerprint density at radius 3 is 2.68 bits per heavy atom. The van der Waals surface area contributed by atoms with Crippen molar-refractivity contribution in [3.8, 4) is 34.6 Å². The molecule has 0 aliphatic heterocycles. The Kier molecular flexibility index (Phi) is 6.15. The molecule has 31 heavy (non-hydrogen) atoms. The Morgan fingerprint density at radius 2 is 1.77 bits per heavy atom. The van der Waals surface area contributed by atoms with E-state index in [0.717, 1.165) is 22.1 Å². The molecule has 2 N–H and O–H groups in total. The Bertz CT molecular complexity index is 1260. The summed E-state index contributed by atoms with van der Waals surface area (Å²) in [7, 11) is 1.60. The van der Waals surface area contributed by atoms with Gasteiger partial charge in [-0.2, -0.15) is 5.10 Å². The number of H-pyrrole nitrogens is 1. The summed E-state index contributed by atoms with van der Waals surface area (Å²) in [6, 6.07) is 23.1. The van der Waals surface area contributed by atoms with Gasteiger partial charge in [0.2, 0.25) is 0 Å². The van der Waals surface area contributed by atoms with E-state index in [9.17, 15) is 4.79 Å². The molecule has 0 aliphatic rings. The highest BCUT2D eigenvalue weighted by molar-refractivity contribution is 5.93. The lowest BCUT2D eigenvalue weighted by Crippen LogP contribution is -2.24. The molecule has 0 fully saturated rings. The van der Waals surface area contributed by atoms with Crippen molar-refractivity contribution in [2.75, 3.05) is 20.3 Å². The number of benzene rings is 3. The second-order valence-corrected chi connectivity index (χ2v) is 6.67. The second kappa shape index (κ2) is 9.51. The second-order valence-electron chi connectivity index (χ2n) is 6.67. The molecule has 0 radical (unpaired) electrons. The number of nitrogens with one attached hydrogen (secondary N) is 2. The molecule has 154 valence electrons. The molecular weight excluding hydrogens is 390 g/mol. The third kappa shape index (κ3) is 4.68. The van der Waals surface area contributed by atoms with Crippen LogP contribution in [0.2, 0.25) is 0 Å². The van der Waals surface area contributed by atoms with E-state index < -0.39 is 0 Å². The molecule has 0 unspecified atom stereocenters. The van der Waals surface area contributed by atoms with Gasteiger partial charge in [0, 0.05) is 10.9 Å². The molecule has 4 rings (SSSR count). The number of ether oxygens (including phenoxy) is 2. The molecule has 1 amide bonds. The van der Waals surface area contributed by atoms with Crippen LogP contribution in [0.5, 0.6) is 11.5 Å². The highest BCUT2D eigenvalue weighted by Crippen LogP contribution is 2.28. The molecule has 6 nitrogen and oxygen atoms in total. The minimum Gasteiger partial charge on any atom is -0.496 e. The minimum absolute atomic E-state index is 0.209. The highest BCUT2D eigenvalue weighted by atomic mass is 16.5. The van der Waals surface area contributed by atoms with Crippen LogP contribution in [-0.4, -0.2) is 36.4 Å². The number of nitrogens with zero attached hydrogens (tertiary/aromatic N) is 1.